The van der Waals surface area contributed by atoms with Gasteiger partial charge in [-0.05, 0) is 55.8 Å². The standard InChI is InChI=1S/C20H20N2O2S/c1-14-9-10-19(25-14)20(23)22-15(2)16-6-5-8-18(12-16)24-13-17-7-3-4-11-21-17/h3-12,15H,13H2,1-2H3,(H,22,23). The third-order valence-electron chi connectivity index (χ3n) is 3.78. The second kappa shape index (κ2) is 7.94. The molecule has 0 aliphatic heterocycles. The van der Waals surface area contributed by atoms with Crippen molar-refractivity contribution < 1.29 is 9.53 Å². The van der Waals surface area contributed by atoms with Gasteiger partial charge >= 0.3 is 0 Å². The lowest BCUT2D eigenvalue weighted by molar-refractivity contribution is 0.0944. The Hall–Kier alpha value is -2.66. The summed E-state index contributed by atoms with van der Waals surface area (Å²) < 4.78 is 5.80. The van der Waals surface area contributed by atoms with Gasteiger partial charge in [0.1, 0.15) is 12.4 Å². The maximum Gasteiger partial charge on any atom is 0.261 e. The third kappa shape index (κ3) is 4.67. The van der Waals surface area contributed by atoms with Gasteiger partial charge in [-0.2, -0.15) is 0 Å². The molecule has 1 N–H and O–H groups in total. The summed E-state index contributed by atoms with van der Waals surface area (Å²) in [6.45, 7) is 4.38. The van der Waals surface area contributed by atoms with Crippen LogP contribution in [0.2, 0.25) is 0 Å². The van der Waals surface area contributed by atoms with Crippen LogP contribution in [0.3, 0.4) is 0 Å². The molecule has 0 saturated carbocycles. The molecule has 0 saturated heterocycles. The molecule has 5 heteroatoms. The molecule has 0 fully saturated rings. The molecule has 3 aromatic rings. The van der Waals surface area contributed by atoms with E-state index < -0.39 is 0 Å². The number of amides is 1. The van der Waals surface area contributed by atoms with E-state index in [0.717, 1.165) is 26.8 Å². The molecule has 3 rings (SSSR count). The molecule has 1 atom stereocenters. The maximum absolute atomic E-state index is 12.3. The van der Waals surface area contributed by atoms with Crippen LogP contribution >= 0.6 is 11.3 Å². The van der Waals surface area contributed by atoms with Crippen LogP contribution in [0.15, 0.2) is 60.8 Å². The summed E-state index contributed by atoms with van der Waals surface area (Å²) >= 11 is 1.50. The van der Waals surface area contributed by atoms with Gasteiger partial charge in [-0.1, -0.05) is 18.2 Å². The van der Waals surface area contributed by atoms with E-state index in [1.807, 2.05) is 68.4 Å². The predicted molar refractivity (Wildman–Crippen MR) is 99.9 cm³/mol. The Morgan fingerprint density at radius 1 is 1.20 bits per heavy atom. The normalized spacial score (nSPS) is 11.8. The summed E-state index contributed by atoms with van der Waals surface area (Å²) in [5, 5.41) is 3.03. The zero-order chi connectivity index (χ0) is 17.6. The Bertz CT molecular complexity index is 846. The minimum Gasteiger partial charge on any atom is -0.487 e. The molecular weight excluding hydrogens is 332 g/mol. The minimum absolute atomic E-state index is 0.0505. The van der Waals surface area contributed by atoms with Crippen molar-refractivity contribution >= 4 is 17.2 Å². The first kappa shape index (κ1) is 17.2. The number of ether oxygens (including phenoxy) is 1. The Balaban J connectivity index is 1.63. The highest BCUT2D eigenvalue weighted by Gasteiger charge is 2.13. The van der Waals surface area contributed by atoms with Crippen molar-refractivity contribution in [2.24, 2.45) is 0 Å². The van der Waals surface area contributed by atoms with E-state index in [1.165, 1.54) is 11.3 Å². The minimum atomic E-state index is -0.103. The number of carbonyl (C=O) groups excluding carboxylic acids is 1. The number of thiophene rings is 1. The van der Waals surface area contributed by atoms with E-state index in [2.05, 4.69) is 10.3 Å². The van der Waals surface area contributed by atoms with Gasteiger partial charge in [-0.3, -0.25) is 9.78 Å². The molecule has 1 amide bonds. The van der Waals surface area contributed by atoms with Gasteiger partial charge in [0.2, 0.25) is 0 Å². The number of hydrogen-bond donors (Lipinski definition) is 1. The van der Waals surface area contributed by atoms with Gasteiger partial charge in [0.05, 0.1) is 16.6 Å². The zero-order valence-corrected chi connectivity index (χ0v) is 15.0. The fraction of sp³-hybridized carbons (Fsp3) is 0.200. The number of pyridine rings is 1. The molecule has 0 spiro atoms. The number of nitrogens with one attached hydrogen (secondary N) is 1. The topological polar surface area (TPSA) is 51.2 Å². The fourth-order valence-corrected chi connectivity index (χ4v) is 3.19. The van der Waals surface area contributed by atoms with Crippen LogP contribution in [0.1, 0.15) is 38.8 Å². The van der Waals surface area contributed by atoms with Crippen LogP contribution in [0.25, 0.3) is 0 Å². The first-order valence-electron chi connectivity index (χ1n) is 8.12. The van der Waals surface area contributed by atoms with E-state index in [0.29, 0.717) is 6.61 Å². The van der Waals surface area contributed by atoms with Gasteiger partial charge < -0.3 is 10.1 Å². The molecule has 0 bridgehead atoms. The third-order valence-corrected chi connectivity index (χ3v) is 4.78. The van der Waals surface area contributed by atoms with Crippen molar-refractivity contribution in [3.63, 3.8) is 0 Å². The first-order chi connectivity index (χ1) is 12.1. The van der Waals surface area contributed by atoms with Gasteiger partial charge in [0, 0.05) is 11.1 Å². The average molecular weight is 352 g/mol. The highest BCUT2D eigenvalue weighted by Crippen LogP contribution is 2.21. The van der Waals surface area contributed by atoms with Crippen molar-refractivity contribution in [3.8, 4) is 5.75 Å². The van der Waals surface area contributed by atoms with Crippen molar-refractivity contribution in [3.05, 3.63) is 81.8 Å². The van der Waals surface area contributed by atoms with Gasteiger partial charge in [-0.15, -0.1) is 11.3 Å². The van der Waals surface area contributed by atoms with Crippen LogP contribution in [0.4, 0.5) is 0 Å². The summed E-state index contributed by atoms with van der Waals surface area (Å²) in [6.07, 6.45) is 1.75. The van der Waals surface area contributed by atoms with E-state index in [4.69, 9.17) is 4.74 Å². The second-order valence-corrected chi connectivity index (χ2v) is 7.08. The number of hydrogen-bond acceptors (Lipinski definition) is 4. The Morgan fingerprint density at radius 2 is 2.08 bits per heavy atom. The molecule has 0 aliphatic rings. The lowest BCUT2D eigenvalue weighted by Crippen LogP contribution is -2.25. The quantitative estimate of drug-likeness (QED) is 0.709. The van der Waals surface area contributed by atoms with Gasteiger partial charge in [0.15, 0.2) is 0 Å². The van der Waals surface area contributed by atoms with E-state index in [9.17, 15) is 4.79 Å². The lowest BCUT2D eigenvalue weighted by Gasteiger charge is -2.15. The molecule has 4 nitrogen and oxygen atoms in total. The molecule has 1 aromatic carbocycles. The SMILES string of the molecule is Cc1ccc(C(=O)NC(C)c2cccc(OCc3ccccn3)c2)s1. The van der Waals surface area contributed by atoms with E-state index in [-0.39, 0.29) is 11.9 Å². The molecule has 0 aliphatic carbocycles. The zero-order valence-electron chi connectivity index (χ0n) is 14.2. The molecule has 2 heterocycles. The average Bonchev–Trinajstić information content (AvgIpc) is 3.08. The number of carbonyl (C=O) groups is 1. The largest absolute Gasteiger partial charge is 0.487 e. The molecule has 25 heavy (non-hydrogen) atoms. The molecule has 1 unspecified atom stereocenters. The van der Waals surface area contributed by atoms with Crippen LogP contribution in [-0.4, -0.2) is 10.9 Å². The van der Waals surface area contributed by atoms with Crippen molar-refractivity contribution in [2.75, 3.05) is 0 Å². The van der Waals surface area contributed by atoms with E-state index in [1.54, 1.807) is 6.20 Å². The molecule has 0 radical (unpaired) electrons. The molecule has 128 valence electrons. The fourth-order valence-electron chi connectivity index (χ4n) is 2.42. The second-order valence-electron chi connectivity index (χ2n) is 5.79. The number of rotatable bonds is 6. The lowest BCUT2D eigenvalue weighted by atomic mass is 10.1. The Labute approximate surface area is 151 Å². The first-order valence-corrected chi connectivity index (χ1v) is 8.93. The van der Waals surface area contributed by atoms with Gasteiger partial charge in [0.25, 0.3) is 5.91 Å². The smallest absolute Gasteiger partial charge is 0.261 e. The maximum atomic E-state index is 12.3. The molecule has 2 aromatic heterocycles. The van der Waals surface area contributed by atoms with Crippen LogP contribution in [0.5, 0.6) is 5.75 Å². The number of benzene rings is 1. The summed E-state index contributed by atoms with van der Waals surface area (Å²) in [5.74, 6) is 0.710. The summed E-state index contributed by atoms with van der Waals surface area (Å²) in [5.41, 5.74) is 1.88. The Kier molecular flexibility index (Phi) is 5.46. The van der Waals surface area contributed by atoms with Gasteiger partial charge in [-0.25, -0.2) is 0 Å². The predicted octanol–water partition coefficient (Wildman–Crippen LogP) is 4.52. The number of aromatic nitrogens is 1. The number of nitrogens with zero attached hydrogens (tertiary/aromatic N) is 1. The van der Waals surface area contributed by atoms with Crippen molar-refractivity contribution in [1.29, 1.82) is 0 Å². The van der Waals surface area contributed by atoms with Crippen molar-refractivity contribution in [1.82, 2.24) is 10.3 Å². The highest BCUT2D eigenvalue weighted by atomic mass is 32.1. The monoisotopic (exact) mass is 352 g/mol. The molecular formula is C20H20N2O2S. The summed E-state index contributed by atoms with van der Waals surface area (Å²) in [4.78, 5) is 18.4. The Morgan fingerprint density at radius 3 is 2.80 bits per heavy atom. The van der Waals surface area contributed by atoms with Crippen LogP contribution in [0, 0.1) is 6.92 Å². The van der Waals surface area contributed by atoms with Crippen LogP contribution < -0.4 is 10.1 Å². The van der Waals surface area contributed by atoms with E-state index >= 15 is 0 Å². The summed E-state index contributed by atoms with van der Waals surface area (Å²) in [7, 11) is 0. The highest BCUT2D eigenvalue weighted by molar-refractivity contribution is 7.13. The van der Waals surface area contributed by atoms with Crippen molar-refractivity contribution in [2.45, 2.75) is 26.5 Å². The summed E-state index contributed by atoms with van der Waals surface area (Å²) in [6, 6.07) is 17.2. The number of aryl methyl sites for hydroxylation is 1. The van der Waals surface area contributed by atoms with Crippen LogP contribution in [-0.2, 0) is 6.61 Å².